The standard InChI is InChI=1S/C14H16F3N3O2S/c15-14(16,17)13-4-3-12(8-10(13)9-18)23(21,22)20-7-5-11-2-1-6-19-11/h3-4,8,11,19-20H,1-2,5-7H2/t11-/m1/s1. The van der Waals surface area contributed by atoms with E-state index >= 15 is 0 Å². The summed E-state index contributed by atoms with van der Waals surface area (Å²) in [5.74, 6) is 0. The van der Waals surface area contributed by atoms with Gasteiger partial charge in [-0.3, -0.25) is 0 Å². The van der Waals surface area contributed by atoms with Gasteiger partial charge in [-0.2, -0.15) is 18.4 Å². The molecule has 1 fully saturated rings. The molecule has 0 amide bonds. The molecule has 1 saturated heterocycles. The van der Waals surface area contributed by atoms with E-state index in [0.29, 0.717) is 12.5 Å². The van der Waals surface area contributed by atoms with E-state index in [9.17, 15) is 21.6 Å². The van der Waals surface area contributed by atoms with Crippen molar-refractivity contribution in [2.24, 2.45) is 0 Å². The van der Waals surface area contributed by atoms with Crippen LogP contribution in [0.4, 0.5) is 13.2 Å². The minimum Gasteiger partial charge on any atom is -0.314 e. The Hall–Kier alpha value is -1.63. The predicted octanol–water partition coefficient (Wildman–Crippen LogP) is 2.00. The highest BCUT2D eigenvalue weighted by Crippen LogP contribution is 2.32. The fourth-order valence-corrected chi connectivity index (χ4v) is 3.56. The van der Waals surface area contributed by atoms with Gasteiger partial charge in [0.2, 0.25) is 10.0 Å². The molecule has 5 nitrogen and oxygen atoms in total. The molecule has 1 heterocycles. The summed E-state index contributed by atoms with van der Waals surface area (Å²) in [6, 6.07) is 3.87. The maximum atomic E-state index is 12.7. The molecule has 0 radical (unpaired) electrons. The van der Waals surface area contributed by atoms with Gasteiger partial charge in [-0.25, -0.2) is 13.1 Å². The highest BCUT2D eigenvalue weighted by Gasteiger charge is 2.34. The maximum absolute atomic E-state index is 12.7. The third-order valence-electron chi connectivity index (χ3n) is 3.67. The van der Waals surface area contributed by atoms with Crippen molar-refractivity contribution < 1.29 is 21.6 Å². The monoisotopic (exact) mass is 347 g/mol. The summed E-state index contributed by atoms with van der Waals surface area (Å²) in [7, 11) is -3.94. The number of hydrogen-bond acceptors (Lipinski definition) is 4. The third-order valence-corrected chi connectivity index (χ3v) is 5.13. The van der Waals surface area contributed by atoms with Crippen molar-refractivity contribution >= 4 is 10.0 Å². The molecule has 1 aliphatic heterocycles. The lowest BCUT2D eigenvalue weighted by atomic mass is 10.1. The molecule has 23 heavy (non-hydrogen) atoms. The summed E-state index contributed by atoms with van der Waals surface area (Å²) < 4.78 is 64.7. The van der Waals surface area contributed by atoms with Gasteiger partial charge >= 0.3 is 6.18 Å². The van der Waals surface area contributed by atoms with Crippen LogP contribution in [0.25, 0.3) is 0 Å². The maximum Gasteiger partial charge on any atom is 0.417 e. The first kappa shape index (κ1) is 17.7. The van der Waals surface area contributed by atoms with Gasteiger partial charge in [-0.1, -0.05) is 0 Å². The first-order valence-electron chi connectivity index (χ1n) is 7.08. The zero-order valence-electron chi connectivity index (χ0n) is 12.2. The number of halogens is 3. The second-order valence-electron chi connectivity index (χ2n) is 5.30. The number of hydrogen-bond donors (Lipinski definition) is 2. The third kappa shape index (κ3) is 4.43. The Balaban J connectivity index is 2.11. The van der Waals surface area contributed by atoms with E-state index in [1.54, 1.807) is 0 Å². The lowest BCUT2D eigenvalue weighted by molar-refractivity contribution is -0.137. The number of nitrogens with one attached hydrogen (secondary N) is 2. The van der Waals surface area contributed by atoms with Crippen molar-refractivity contribution in [3.63, 3.8) is 0 Å². The van der Waals surface area contributed by atoms with Gasteiger partial charge in [0.05, 0.1) is 22.1 Å². The summed E-state index contributed by atoms with van der Waals surface area (Å²) in [6.07, 6.45) is -2.08. The first-order chi connectivity index (χ1) is 10.7. The van der Waals surface area contributed by atoms with Gasteiger partial charge in [-0.05, 0) is 44.0 Å². The van der Waals surface area contributed by atoms with Crippen LogP contribution in [0.15, 0.2) is 23.1 Å². The van der Waals surface area contributed by atoms with E-state index in [2.05, 4.69) is 10.0 Å². The Morgan fingerprint density at radius 2 is 2.13 bits per heavy atom. The van der Waals surface area contributed by atoms with Crippen molar-refractivity contribution in [1.82, 2.24) is 10.0 Å². The number of alkyl halides is 3. The highest BCUT2D eigenvalue weighted by atomic mass is 32.2. The van der Waals surface area contributed by atoms with Crippen LogP contribution < -0.4 is 10.0 Å². The molecule has 1 atom stereocenters. The summed E-state index contributed by atoms with van der Waals surface area (Å²) in [5.41, 5.74) is -1.85. The van der Waals surface area contributed by atoms with Gasteiger partial charge in [0.15, 0.2) is 0 Å². The average Bonchev–Trinajstić information content (AvgIpc) is 2.98. The lowest BCUT2D eigenvalue weighted by Crippen LogP contribution is -2.30. The quantitative estimate of drug-likeness (QED) is 0.853. The van der Waals surface area contributed by atoms with E-state index in [1.165, 1.54) is 6.07 Å². The number of rotatable bonds is 5. The van der Waals surface area contributed by atoms with Crippen LogP contribution in [-0.2, 0) is 16.2 Å². The molecule has 1 aliphatic rings. The average molecular weight is 347 g/mol. The summed E-state index contributed by atoms with van der Waals surface area (Å²) in [4.78, 5) is -0.346. The van der Waals surface area contributed by atoms with E-state index in [-0.39, 0.29) is 17.5 Å². The molecule has 126 valence electrons. The Labute approximate surface area is 132 Å². The Morgan fingerprint density at radius 1 is 1.39 bits per heavy atom. The molecule has 0 unspecified atom stereocenters. The molecule has 1 aromatic rings. The van der Waals surface area contributed by atoms with Crippen molar-refractivity contribution in [3.05, 3.63) is 29.3 Å². The molecule has 2 rings (SSSR count). The lowest BCUT2D eigenvalue weighted by Gasteiger charge is -2.13. The zero-order chi connectivity index (χ0) is 17.1. The van der Waals surface area contributed by atoms with Crippen LogP contribution in [0.2, 0.25) is 0 Å². The number of benzene rings is 1. The molecule has 9 heteroatoms. The largest absolute Gasteiger partial charge is 0.417 e. The fraction of sp³-hybridized carbons (Fsp3) is 0.500. The normalized spacial score (nSPS) is 18.8. The summed E-state index contributed by atoms with van der Waals surface area (Å²) >= 11 is 0. The Morgan fingerprint density at radius 3 is 2.70 bits per heavy atom. The minimum atomic E-state index is -4.70. The molecule has 2 N–H and O–H groups in total. The molecule has 0 saturated carbocycles. The fourth-order valence-electron chi connectivity index (χ4n) is 2.48. The van der Waals surface area contributed by atoms with Gasteiger partial charge in [0.25, 0.3) is 0 Å². The molecule has 0 aromatic heterocycles. The van der Waals surface area contributed by atoms with Gasteiger partial charge in [0.1, 0.15) is 0 Å². The van der Waals surface area contributed by atoms with Crippen LogP contribution in [-0.4, -0.2) is 27.5 Å². The molecule has 1 aromatic carbocycles. The van der Waals surface area contributed by atoms with E-state index in [1.807, 2.05) is 0 Å². The Bertz CT molecular complexity index is 705. The molecule has 0 aliphatic carbocycles. The van der Waals surface area contributed by atoms with E-state index in [0.717, 1.165) is 31.5 Å². The van der Waals surface area contributed by atoms with Crippen LogP contribution in [0.5, 0.6) is 0 Å². The topological polar surface area (TPSA) is 82.0 Å². The number of nitrogens with zero attached hydrogens (tertiary/aromatic N) is 1. The second-order valence-corrected chi connectivity index (χ2v) is 7.06. The predicted molar refractivity (Wildman–Crippen MR) is 77.0 cm³/mol. The van der Waals surface area contributed by atoms with Crippen LogP contribution in [0.3, 0.4) is 0 Å². The van der Waals surface area contributed by atoms with Gasteiger partial charge < -0.3 is 5.32 Å². The van der Waals surface area contributed by atoms with Crippen molar-refractivity contribution in [1.29, 1.82) is 5.26 Å². The van der Waals surface area contributed by atoms with Crippen molar-refractivity contribution in [2.45, 2.75) is 36.4 Å². The smallest absolute Gasteiger partial charge is 0.314 e. The SMILES string of the molecule is N#Cc1cc(S(=O)(=O)NCC[C@H]2CCCN2)ccc1C(F)(F)F. The molecule has 0 spiro atoms. The van der Waals surface area contributed by atoms with E-state index in [4.69, 9.17) is 5.26 Å². The van der Waals surface area contributed by atoms with Crippen LogP contribution in [0.1, 0.15) is 30.4 Å². The number of nitriles is 1. The Kier molecular flexibility index (Phi) is 5.29. The summed E-state index contributed by atoms with van der Waals surface area (Å²) in [6.45, 7) is 1.09. The van der Waals surface area contributed by atoms with Gasteiger partial charge in [-0.15, -0.1) is 0 Å². The van der Waals surface area contributed by atoms with Crippen molar-refractivity contribution in [3.8, 4) is 6.07 Å². The molecule has 0 bridgehead atoms. The van der Waals surface area contributed by atoms with Gasteiger partial charge in [0, 0.05) is 12.6 Å². The molecular formula is C14H16F3N3O2S. The number of sulfonamides is 1. The van der Waals surface area contributed by atoms with Crippen LogP contribution in [0, 0.1) is 11.3 Å². The highest BCUT2D eigenvalue weighted by molar-refractivity contribution is 7.89. The van der Waals surface area contributed by atoms with E-state index < -0.39 is 27.3 Å². The molecular weight excluding hydrogens is 331 g/mol. The first-order valence-corrected chi connectivity index (χ1v) is 8.57. The zero-order valence-corrected chi connectivity index (χ0v) is 13.0. The second kappa shape index (κ2) is 6.86. The van der Waals surface area contributed by atoms with Crippen molar-refractivity contribution in [2.75, 3.05) is 13.1 Å². The summed E-state index contributed by atoms with van der Waals surface area (Å²) in [5, 5.41) is 12.0. The minimum absolute atomic E-state index is 0.183. The van der Waals surface area contributed by atoms with Crippen LogP contribution >= 0.6 is 0 Å².